The Morgan fingerprint density at radius 3 is 2.55 bits per heavy atom. The number of carbonyl (C=O) groups is 2. The SMILES string of the molecule is CC(=O)N1CCC(c2ccc(Nc3cc(N4CC[C@@](C#N)(C5CC5)C4=O)ccn3)nc2)CC1. The molecule has 3 fully saturated rings. The van der Waals surface area contributed by atoms with Crippen molar-refractivity contribution in [3.05, 3.63) is 42.2 Å². The molecule has 2 aliphatic heterocycles. The zero-order chi connectivity index (χ0) is 23.0. The number of nitrogens with zero attached hydrogens (tertiary/aromatic N) is 5. The molecule has 1 N–H and O–H groups in total. The van der Waals surface area contributed by atoms with E-state index in [0.717, 1.165) is 44.5 Å². The van der Waals surface area contributed by atoms with E-state index in [4.69, 9.17) is 0 Å². The Labute approximate surface area is 193 Å². The van der Waals surface area contributed by atoms with Crippen LogP contribution in [0.4, 0.5) is 17.3 Å². The first-order chi connectivity index (χ1) is 16.0. The number of aromatic nitrogens is 2. The minimum atomic E-state index is -0.852. The van der Waals surface area contributed by atoms with Crippen LogP contribution < -0.4 is 10.2 Å². The number of hydrogen-bond acceptors (Lipinski definition) is 6. The molecule has 5 rings (SSSR count). The highest BCUT2D eigenvalue weighted by molar-refractivity contribution is 6.02. The van der Waals surface area contributed by atoms with Crippen LogP contribution in [-0.2, 0) is 9.59 Å². The van der Waals surface area contributed by atoms with Gasteiger partial charge in [-0.15, -0.1) is 0 Å². The van der Waals surface area contributed by atoms with Crippen LogP contribution in [0.2, 0.25) is 0 Å². The molecule has 0 bridgehead atoms. The molecule has 1 saturated carbocycles. The first-order valence-corrected chi connectivity index (χ1v) is 11.7. The second kappa shape index (κ2) is 8.47. The summed E-state index contributed by atoms with van der Waals surface area (Å²) in [5, 5.41) is 12.9. The number of nitriles is 1. The smallest absolute Gasteiger partial charge is 0.247 e. The highest BCUT2D eigenvalue weighted by atomic mass is 16.2. The molecule has 8 nitrogen and oxygen atoms in total. The first kappa shape index (κ1) is 21.4. The predicted octanol–water partition coefficient (Wildman–Crippen LogP) is 3.60. The number of pyridine rings is 2. The molecule has 0 radical (unpaired) electrons. The van der Waals surface area contributed by atoms with Crippen molar-refractivity contribution in [2.45, 2.75) is 44.9 Å². The van der Waals surface area contributed by atoms with Crippen LogP contribution >= 0.6 is 0 Å². The quantitative estimate of drug-likeness (QED) is 0.756. The van der Waals surface area contributed by atoms with Gasteiger partial charge < -0.3 is 15.1 Å². The lowest BCUT2D eigenvalue weighted by atomic mass is 9.83. The summed E-state index contributed by atoms with van der Waals surface area (Å²) in [5.41, 5.74) is 1.08. The van der Waals surface area contributed by atoms with Crippen LogP contribution in [0.25, 0.3) is 0 Å². The minimum absolute atomic E-state index is 0.0806. The van der Waals surface area contributed by atoms with Crippen LogP contribution in [0.1, 0.15) is 50.5 Å². The van der Waals surface area contributed by atoms with E-state index in [2.05, 4.69) is 27.4 Å². The van der Waals surface area contributed by atoms with Gasteiger partial charge in [0.25, 0.3) is 0 Å². The van der Waals surface area contributed by atoms with Crippen LogP contribution in [0, 0.1) is 22.7 Å². The van der Waals surface area contributed by atoms with Crippen molar-refractivity contribution in [2.75, 3.05) is 29.9 Å². The number of likely N-dealkylation sites (tertiary alicyclic amines) is 1. The van der Waals surface area contributed by atoms with Gasteiger partial charge in [-0.2, -0.15) is 5.26 Å². The van der Waals surface area contributed by atoms with Crippen molar-refractivity contribution in [1.82, 2.24) is 14.9 Å². The molecule has 1 atom stereocenters. The molecule has 1 aliphatic carbocycles. The maximum absolute atomic E-state index is 13.1. The van der Waals surface area contributed by atoms with Crippen molar-refractivity contribution >= 4 is 29.1 Å². The second-order valence-electron chi connectivity index (χ2n) is 9.35. The van der Waals surface area contributed by atoms with Gasteiger partial charge in [0.05, 0.1) is 6.07 Å². The van der Waals surface area contributed by atoms with Gasteiger partial charge >= 0.3 is 0 Å². The summed E-state index contributed by atoms with van der Waals surface area (Å²) in [4.78, 5) is 37.2. The number of piperidine rings is 1. The molecule has 3 aliphatic rings. The lowest BCUT2D eigenvalue weighted by Gasteiger charge is -2.31. The lowest BCUT2D eigenvalue weighted by molar-refractivity contribution is -0.129. The van der Waals surface area contributed by atoms with Crippen molar-refractivity contribution in [1.29, 1.82) is 5.26 Å². The van der Waals surface area contributed by atoms with Crippen molar-refractivity contribution in [2.24, 2.45) is 11.3 Å². The molecular weight excluding hydrogens is 416 g/mol. The van der Waals surface area contributed by atoms with E-state index in [9.17, 15) is 14.9 Å². The van der Waals surface area contributed by atoms with Gasteiger partial charge in [-0.05, 0) is 61.6 Å². The Kier molecular flexibility index (Phi) is 5.49. The molecule has 2 aromatic heterocycles. The van der Waals surface area contributed by atoms with Crippen molar-refractivity contribution in [3.63, 3.8) is 0 Å². The molecule has 0 aromatic carbocycles. The highest BCUT2D eigenvalue weighted by Crippen LogP contribution is 2.51. The summed E-state index contributed by atoms with van der Waals surface area (Å²) in [6.45, 7) is 3.76. The second-order valence-corrected chi connectivity index (χ2v) is 9.35. The van der Waals surface area contributed by atoms with Crippen LogP contribution in [0.5, 0.6) is 0 Å². The van der Waals surface area contributed by atoms with Crippen LogP contribution in [0.15, 0.2) is 36.7 Å². The number of nitrogens with one attached hydrogen (secondary N) is 1. The summed E-state index contributed by atoms with van der Waals surface area (Å²) in [6.07, 6.45) is 7.99. The van der Waals surface area contributed by atoms with Crippen molar-refractivity contribution < 1.29 is 9.59 Å². The maximum Gasteiger partial charge on any atom is 0.247 e. The van der Waals surface area contributed by atoms with Gasteiger partial charge in [0.15, 0.2) is 0 Å². The molecule has 4 heterocycles. The van der Waals surface area contributed by atoms with Crippen LogP contribution in [-0.4, -0.2) is 46.3 Å². The third-order valence-corrected chi connectivity index (χ3v) is 7.34. The fraction of sp³-hybridized carbons (Fsp3) is 0.480. The van der Waals surface area contributed by atoms with Crippen molar-refractivity contribution in [3.8, 4) is 6.07 Å². The first-order valence-electron chi connectivity index (χ1n) is 11.7. The molecule has 170 valence electrons. The maximum atomic E-state index is 13.1. The fourth-order valence-corrected chi connectivity index (χ4v) is 5.17. The Morgan fingerprint density at radius 2 is 1.91 bits per heavy atom. The number of rotatable bonds is 5. The Hall–Kier alpha value is -3.47. The van der Waals surface area contributed by atoms with E-state index in [1.54, 1.807) is 18.0 Å². The van der Waals surface area contributed by atoms with Gasteiger partial charge in [0.2, 0.25) is 11.8 Å². The normalized spacial score (nSPS) is 23.5. The summed E-state index contributed by atoms with van der Waals surface area (Å²) in [5.74, 6) is 1.97. The van der Waals surface area contributed by atoms with Gasteiger partial charge in [0.1, 0.15) is 17.1 Å². The Morgan fingerprint density at radius 1 is 1.12 bits per heavy atom. The summed E-state index contributed by atoms with van der Waals surface area (Å²) >= 11 is 0. The lowest BCUT2D eigenvalue weighted by Crippen LogP contribution is -2.36. The monoisotopic (exact) mass is 444 g/mol. The summed E-state index contributed by atoms with van der Waals surface area (Å²) < 4.78 is 0. The number of anilines is 3. The highest BCUT2D eigenvalue weighted by Gasteiger charge is 2.56. The largest absolute Gasteiger partial charge is 0.343 e. The minimum Gasteiger partial charge on any atom is -0.343 e. The predicted molar refractivity (Wildman–Crippen MR) is 124 cm³/mol. The number of amides is 2. The Balaban J connectivity index is 1.25. The average Bonchev–Trinajstić information content (AvgIpc) is 3.63. The Bertz CT molecular complexity index is 1100. The van der Waals surface area contributed by atoms with E-state index < -0.39 is 5.41 Å². The molecular formula is C25H28N6O2. The van der Waals surface area contributed by atoms with Gasteiger partial charge in [0, 0.05) is 50.7 Å². The molecule has 33 heavy (non-hydrogen) atoms. The summed E-state index contributed by atoms with van der Waals surface area (Å²) in [7, 11) is 0. The molecule has 2 saturated heterocycles. The molecule has 8 heteroatoms. The average molecular weight is 445 g/mol. The van der Waals surface area contributed by atoms with Gasteiger partial charge in [-0.3, -0.25) is 9.59 Å². The zero-order valence-electron chi connectivity index (χ0n) is 18.8. The third kappa shape index (κ3) is 4.04. The van der Waals surface area contributed by atoms with Crippen LogP contribution in [0.3, 0.4) is 0 Å². The zero-order valence-corrected chi connectivity index (χ0v) is 18.8. The molecule has 2 aromatic rings. The molecule has 2 amide bonds. The van der Waals surface area contributed by atoms with Gasteiger partial charge in [-0.1, -0.05) is 6.07 Å². The van der Waals surface area contributed by atoms with E-state index >= 15 is 0 Å². The third-order valence-electron chi connectivity index (χ3n) is 7.34. The standard InChI is InChI=1S/C25H28N6O2/c1-17(32)30-11-7-18(8-12-30)19-2-5-22(28-15-19)29-23-14-21(6-10-27-23)31-13-9-25(16-26,24(31)33)20-3-4-20/h2,5-6,10,14-15,18,20H,3-4,7-9,11-13H2,1H3,(H,27,28,29)/t25-/m1/s1. The molecule has 0 spiro atoms. The number of hydrogen-bond donors (Lipinski definition) is 1. The van der Waals surface area contributed by atoms with E-state index in [1.807, 2.05) is 29.3 Å². The van der Waals surface area contributed by atoms with E-state index in [-0.39, 0.29) is 17.7 Å². The number of carbonyl (C=O) groups excluding carboxylic acids is 2. The summed E-state index contributed by atoms with van der Waals surface area (Å²) in [6, 6.07) is 10.0. The van der Waals surface area contributed by atoms with E-state index in [1.165, 1.54) is 5.56 Å². The van der Waals surface area contributed by atoms with E-state index in [0.29, 0.717) is 30.5 Å². The fourth-order valence-electron chi connectivity index (χ4n) is 5.17. The topological polar surface area (TPSA) is 102 Å². The molecule has 0 unspecified atom stereocenters. The van der Waals surface area contributed by atoms with Gasteiger partial charge in [-0.25, -0.2) is 9.97 Å².